The van der Waals surface area contributed by atoms with Crippen LogP contribution in [0.15, 0.2) is 30.5 Å². The average Bonchev–Trinajstić information content (AvgIpc) is 3.38. The van der Waals surface area contributed by atoms with E-state index in [0.29, 0.717) is 29.9 Å². The number of aromatic amines is 1. The highest BCUT2D eigenvalue weighted by molar-refractivity contribution is 5.93. The van der Waals surface area contributed by atoms with E-state index in [2.05, 4.69) is 28.6 Å². The first-order valence-corrected chi connectivity index (χ1v) is 11.3. The Labute approximate surface area is 190 Å². The molecule has 0 saturated heterocycles. The van der Waals surface area contributed by atoms with Crippen molar-refractivity contribution in [2.45, 2.75) is 51.4 Å². The number of methoxy groups -OCH3 is 1. The number of halogens is 1. The van der Waals surface area contributed by atoms with Crippen molar-refractivity contribution < 1.29 is 19.0 Å². The molecule has 0 aliphatic heterocycles. The number of carbonyl (C=O) groups is 1. The van der Waals surface area contributed by atoms with Crippen molar-refractivity contribution in [3.8, 4) is 11.4 Å². The lowest BCUT2D eigenvalue weighted by atomic mass is 9.77. The fraction of sp³-hybridized carbons (Fsp3) is 0.400. The van der Waals surface area contributed by atoms with Crippen molar-refractivity contribution in [2.24, 2.45) is 5.92 Å². The predicted molar refractivity (Wildman–Crippen MR) is 124 cm³/mol. The minimum absolute atomic E-state index is 0.136. The minimum atomic E-state index is -0.718. The van der Waals surface area contributed by atoms with Crippen LogP contribution in [0, 0.1) is 11.7 Å². The normalized spacial score (nSPS) is 18.9. The topological polar surface area (TPSA) is 93.0 Å². The van der Waals surface area contributed by atoms with Crippen LogP contribution in [-0.4, -0.2) is 37.9 Å². The molecule has 0 amide bonds. The zero-order chi connectivity index (χ0) is 23.3. The molecule has 0 spiro atoms. The number of hydrogen-bond donors (Lipinski definition) is 2. The highest BCUT2D eigenvalue weighted by Crippen LogP contribution is 2.45. The van der Waals surface area contributed by atoms with Crippen LogP contribution in [0.3, 0.4) is 0 Å². The van der Waals surface area contributed by atoms with Gasteiger partial charge in [-0.15, -0.1) is 0 Å². The molecule has 4 aromatic rings. The third kappa shape index (κ3) is 3.63. The number of benzene rings is 1. The smallest absolute Gasteiger partial charge is 0.306 e. The number of H-pyrrole nitrogens is 1. The van der Waals surface area contributed by atoms with Gasteiger partial charge in [-0.2, -0.15) is 5.10 Å². The van der Waals surface area contributed by atoms with Gasteiger partial charge in [0.05, 0.1) is 35.9 Å². The van der Waals surface area contributed by atoms with Gasteiger partial charge in [-0.3, -0.25) is 9.89 Å². The summed E-state index contributed by atoms with van der Waals surface area (Å²) in [6.07, 6.45) is 4.59. The van der Waals surface area contributed by atoms with Gasteiger partial charge in [0, 0.05) is 28.8 Å². The lowest BCUT2D eigenvalue weighted by Crippen LogP contribution is -2.21. The molecule has 8 heteroatoms. The average molecular weight is 451 g/mol. The number of aliphatic carboxylic acids is 1. The monoisotopic (exact) mass is 450 g/mol. The van der Waals surface area contributed by atoms with Gasteiger partial charge in [0.2, 0.25) is 0 Å². The van der Waals surface area contributed by atoms with Crippen LogP contribution in [0.1, 0.15) is 62.6 Å². The van der Waals surface area contributed by atoms with E-state index in [1.807, 2.05) is 12.1 Å². The minimum Gasteiger partial charge on any atom is -0.497 e. The molecule has 0 radical (unpaired) electrons. The summed E-state index contributed by atoms with van der Waals surface area (Å²) in [5.74, 6) is -0.618. The molecular weight excluding hydrogens is 423 g/mol. The molecule has 33 heavy (non-hydrogen) atoms. The molecule has 172 valence electrons. The number of carboxylic acid groups (broad SMARTS) is 1. The van der Waals surface area contributed by atoms with Gasteiger partial charge < -0.3 is 14.4 Å². The Balaban J connectivity index is 1.78. The highest BCUT2D eigenvalue weighted by Gasteiger charge is 2.33. The zero-order valence-electron chi connectivity index (χ0n) is 18.9. The Bertz CT molecular complexity index is 1350. The van der Waals surface area contributed by atoms with Gasteiger partial charge in [0.1, 0.15) is 11.6 Å². The molecule has 3 aromatic heterocycles. The summed E-state index contributed by atoms with van der Waals surface area (Å²) in [7, 11) is 1.53. The lowest BCUT2D eigenvalue weighted by Gasteiger charge is -2.28. The van der Waals surface area contributed by atoms with Crippen LogP contribution < -0.4 is 4.74 Å². The van der Waals surface area contributed by atoms with Crippen molar-refractivity contribution in [3.63, 3.8) is 0 Å². The Morgan fingerprint density at radius 2 is 1.97 bits per heavy atom. The van der Waals surface area contributed by atoms with Gasteiger partial charge in [0.25, 0.3) is 0 Å². The summed E-state index contributed by atoms with van der Waals surface area (Å²) < 4.78 is 22.0. The first-order chi connectivity index (χ1) is 15.9. The molecule has 2 N–H and O–H groups in total. The number of nitrogens with one attached hydrogen (secondary N) is 1. The number of aromatic nitrogens is 4. The summed E-state index contributed by atoms with van der Waals surface area (Å²) >= 11 is 0. The fourth-order valence-electron chi connectivity index (χ4n) is 5.28. The molecule has 1 aromatic carbocycles. The van der Waals surface area contributed by atoms with Crippen LogP contribution in [0.2, 0.25) is 0 Å². The second kappa shape index (κ2) is 8.17. The van der Waals surface area contributed by atoms with Crippen molar-refractivity contribution in [2.75, 3.05) is 7.11 Å². The number of rotatable bonds is 5. The van der Waals surface area contributed by atoms with Crippen LogP contribution in [0.4, 0.5) is 4.39 Å². The predicted octanol–water partition coefficient (Wildman–Crippen LogP) is 5.53. The second-order valence-corrected chi connectivity index (χ2v) is 9.19. The Kier molecular flexibility index (Phi) is 5.31. The van der Waals surface area contributed by atoms with E-state index in [1.54, 1.807) is 6.20 Å². The van der Waals surface area contributed by atoms with Gasteiger partial charge in [-0.05, 0) is 49.7 Å². The molecule has 1 saturated carbocycles. The van der Waals surface area contributed by atoms with Crippen LogP contribution in [-0.2, 0) is 4.79 Å². The van der Waals surface area contributed by atoms with Crippen molar-refractivity contribution in [1.82, 2.24) is 19.7 Å². The van der Waals surface area contributed by atoms with Crippen molar-refractivity contribution in [3.05, 3.63) is 47.5 Å². The number of fused-ring (bicyclic) bond motifs is 2. The highest BCUT2D eigenvalue weighted by atomic mass is 19.1. The van der Waals surface area contributed by atoms with Crippen LogP contribution in [0.5, 0.6) is 5.75 Å². The molecular formula is C25H27FN4O3. The largest absolute Gasteiger partial charge is 0.497 e. The van der Waals surface area contributed by atoms with Gasteiger partial charge >= 0.3 is 5.97 Å². The zero-order valence-corrected chi connectivity index (χ0v) is 18.9. The van der Waals surface area contributed by atoms with E-state index in [0.717, 1.165) is 40.5 Å². The third-order valence-corrected chi connectivity index (χ3v) is 6.80. The van der Waals surface area contributed by atoms with Gasteiger partial charge in [-0.25, -0.2) is 9.37 Å². The first kappa shape index (κ1) is 21.4. The van der Waals surface area contributed by atoms with E-state index in [-0.39, 0.29) is 23.6 Å². The fourth-order valence-corrected chi connectivity index (χ4v) is 5.28. The maximum Gasteiger partial charge on any atom is 0.306 e. The number of nitrogens with zero attached hydrogens (tertiary/aromatic N) is 3. The SMILES string of the molecule is COc1cc(F)cc(-n2c(C(C)C)c([C@H]3CC[C@H](C(=O)O)CC3)c3nc4[nH]ncc4cc32)c1. The second-order valence-electron chi connectivity index (χ2n) is 9.19. The van der Waals surface area contributed by atoms with Crippen molar-refractivity contribution >= 4 is 28.0 Å². The molecule has 0 unspecified atom stereocenters. The molecule has 0 bridgehead atoms. The maximum absolute atomic E-state index is 14.5. The number of hydrogen-bond acceptors (Lipinski definition) is 4. The Hall–Kier alpha value is -3.42. The molecule has 0 atom stereocenters. The molecule has 1 aliphatic carbocycles. The molecule has 1 aliphatic rings. The Morgan fingerprint density at radius 3 is 2.64 bits per heavy atom. The summed E-state index contributed by atoms with van der Waals surface area (Å²) in [5, 5.41) is 17.4. The number of carboxylic acids is 1. The van der Waals surface area contributed by atoms with E-state index in [9.17, 15) is 14.3 Å². The summed E-state index contributed by atoms with van der Waals surface area (Å²) in [4.78, 5) is 16.4. The molecule has 3 heterocycles. The third-order valence-electron chi connectivity index (χ3n) is 6.80. The standard InChI is InChI=1S/C25H27FN4O3/c1-13(2)23-21(14-4-6-15(7-5-14)25(31)32)22-20(8-16-12-27-29-24(16)28-22)30(23)18-9-17(26)10-19(11-18)33-3/h8-15H,4-7H2,1-3H3,(H,31,32)(H,27,28,29)/t14-,15-. The molecule has 1 fully saturated rings. The number of ether oxygens (including phenoxy) is 1. The van der Waals surface area contributed by atoms with E-state index in [4.69, 9.17) is 9.72 Å². The van der Waals surface area contributed by atoms with Crippen molar-refractivity contribution in [1.29, 1.82) is 0 Å². The van der Waals surface area contributed by atoms with E-state index in [1.165, 1.54) is 19.2 Å². The molecule has 7 nitrogen and oxygen atoms in total. The summed E-state index contributed by atoms with van der Waals surface area (Å²) in [5.41, 5.74) is 5.32. The van der Waals surface area contributed by atoms with Crippen LogP contribution >= 0.6 is 0 Å². The van der Waals surface area contributed by atoms with Gasteiger partial charge in [0.15, 0.2) is 5.65 Å². The summed E-state index contributed by atoms with van der Waals surface area (Å²) in [6, 6.07) is 6.75. The quantitative estimate of drug-likeness (QED) is 0.417. The van der Waals surface area contributed by atoms with Gasteiger partial charge in [-0.1, -0.05) is 13.8 Å². The number of pyridine rings is 1. The molecule has 5 rings (SSSR count). The van der Waals surface area contributed by atoms with E-state index < -0.39 is 5.97 Å². The maximum atomic E-state index is 14.5. The lowest BCUT2D eigenvalue weighted by molar-refractivity contribution is -0.142. The first-order valence-electron chi connectivity index (χ1n) is 11.3. The van der Waals surface area contributed by atoms with Crippen LogP contribution in [0.25, 0.3) is 27.8 Å². The van der Waals surface area contributed by atoms with E-state index >= 15 is 0 Å². The summed E-state index contributed by atoms with van der Waals surface area (Å²) in [6.45, 7) is 4.25. The Morgan fingerprint density at radius 1 is 1.21 bits per heavy atom.